The number of hydrogen-bond donors (Lipinski definition) is 3. The highest BCUT2D eigenvalue weighted by Crippen LogP contribution is 2.43. The van der Waals surface area contributed by atoms with Gasteiger partial charge in [0.15, 0.2) is 11.6 Å². The molecule has 0 amide bonds. The molecule has 0 aliphatic heterocycles. The molecule has 0 saturated heterocycles. The minimum atomic E-state index is -3.03. The third-order valence-electron chi connectivity index (χ3n) is 8.31. The van der Waals surface area contributed by atoms with Crippen molar-refractivity contribution in [3.8, 4) is 11.3 Å². The summed E-state index contributed by atoms with van der Waals surface area (Å²) in [6.07, 6.45) is 15.4. The van der Waals surface area contributed by atoms with Gasteiger partial charge in [-0.1, -0.05) is 106 Å². The summed E-state index contributed by atoms with van der Waals surface area (Å²) < 4.78 is 33.1. The molecule has 0 bridgehead atoms. The fraction of sp³-hybridized carbons (Fsp3) is 0.342. The van der Waals surface area contributed by atoms with Crippen LogP contribution in [0.5, 0.6) is 0 Å². The van der Waals surface area contributed by atoms with Gasteiger partial charge in [-0.25, -0.2) is 4.79 Å². The number of nitrogens with zero attached hydrogens (tertiary/aromatic N) is 3. The van der Waals surface area contributed by atoms with Crippen molar-refractivity contribution >= 4 is 23.4 Å². The molecule has 1 unspecified atom stereocenters. The van der Waals surface area contributed by atoms with E-state index in [4.69, 9.17) is 9.52 Å². The largest absolute Gasteiger partial charge is 0.478 e. The number of furan rings is 1. The van der Waals surface area contributed by atoms with Gasteiger partial charge in [-0.05, 0) is 47.4 Å². The first kappa shape index (κ1) is 34.3. The van der Waals surface area contributed by atoms with Gasteiger partial charge in [-0.15, -0.1) is 5.10 Å². The monoisotopic (exact) mass is 655 g/mol. The average molecular weight is 656 g/mol. The van der Waals surface area contributed by atoms with Crippen LogP contribution in [0.3, 0.4) is 0 Å². The molecule has 3 aromatic heterocycles. The summed E-state index contributed by atoms with van der Waals surface area (Å²) in [7, 11) is 0. The molecule has 2 aromatic carbocycles. The molecule has 0 saturated carbocycles. The van der Waals surface area contributed by atoms with Gasteiger partial charge >= 0.3 is 11.9 Å². The molecule has 48 heavy (non-hydrogen) atoms. The molecule has 0 radical (unpaired) electrons. The van der Waals surface area contributed by atoms with Crippen molar-refractivity contribution in [1.29, 1.82) is 0 Å². The fourth-order valence-electron chi connectivity index (χ4n) is 5.75. The third-order valence-corrected chi connectivity index (χ3v) is 8.31. The number of unbranched alkanes of at least 4 members (excludes halogenated alkanes) is 7. The maximum atomic E-state index is 13.8. The quantitative estimate of drug-likeness (QED) is 0.0969. The molecule has 252 valence electrons. The first-order chi connectivity index (χ1) is 23.2. The van der Waals surface area contributed by atoms with E-state index in [1.165, 1.54) is 57.2 Å². The molecule has 1 aliphatic carbocycles. The van der Waals surface area contributed by atoms with E-state index in [1.807, 2.05) is 60.7 Å². The number of hydrogen-bond acceptors (Lipinski definition) is 5. The summed E-state index contributed by atoms with van der Waals surface area (Å²) in [5.74, 6) is -3.17. The number of benzene rings is 2. The van der Waals surface area contributed by atoms with Crippen LogP contribution in [0.4, 0.5) is 14.6 Å². The summed E-state index contributed by atoms with van der Waals surface area (Å²) >= 11 is 0. The highest BCUT2D eigenvalue weighted by Gasteiger charge is 2.34. The van der Waals surface area contributed by atoms with E-state index < -0.39 is 11.9 Å². The van der Waals surface area contributed by atoms with Crippen LogP contribution in [0.25, 0.3) is 22.9 Å². The van der Waals surface area contributed by atoms with Crippen molar-refractivity contribution in [3.05, 3.63) is 113 Å². The van der Waals surface area contributed by atoms with Crippen molar-refractivity contribution in [2.24, 2.45) is 0 Å². The number of allylic oxidation sites excluding steroid dienone is 1. The Labute approximate surface area is 279 Å². The van der Waals surface area contributed by atoms with Crippen LogP contribution in [-0.4, -0.2) is 37.6 Å². The molecule has 1 aliphatic rings. The van der Waals surface area contributed by atoms with Crippen molar-refractivity contribution < 1.29 is 23.1 Å². The highest BCUT2D eigenvalue weighted by molar-refractivity contribution is 5.90. The molecule has 3 N–H and O–H groups in total. The Kier molecular flexibility index (Phi) is 11.6. The number of nitrogens with one attached hydrogen (secondary N) is 2. The molecule has 0 fully saturated rings. The third kappa shape index (κ3) is 8.87. The molecule has 1 atom stereocenters. The lowest BCUT2D eigenvalue weighted by atomic mass is 10.0. The second kappa shape index (κ2) is 16.2. The molecule has 0 spiro atoms. The molecular formula is C38H43F2N5O3. The maximum Gasteiger partial charge on any atom is 0.337 e. The number of H-pyrrole nitrogens is 1. The van der Waals surface area contributed by atoms with Crippen molar-refractivity contribution in [3.63, 3.8) is 0 Å². The van der Waals surface area contributed by atoms with Crippen LogP contribution < -0.4 is 5.32 Å². The number of aromatic carboxylic acids is 1. The Balaban J connectivity index is 0.000000267. The molecule has 3 heterocycles. The number of fused-ring (bicyclic) bond motifs is 1. The minimum absolute atomic E-state index is 0.281. The number of halogens is 2. The van der Waals surface area contributed by atoms with Gasteiger partial charge in [-0.3, -0.25) is 0 Å². The highest BCUT2D eigenvalue weighted by atomic mass is 19.3. The SMILES string of the molecule is CCCCCCCCCCNc1cnn(C2C(c3ccc(C(C)(F)F)o3)=Cc3ccccc32)n1.O=C(O)c1c[nH]c(-c2ccccc2)c1. The first-order valence-electron chi connectivity index (χ1n) is 16.7. The van der Waals surface area contributed by atoms with Crippen molar-refractivity contribution in [1.82, 2.24) is 20.0 Å². The molecule has 6 rings (SSSR count). The minimum Gasteiger partial charge on any atom is -0.478 e. The number of carboxylic acid groups (broad SMARTS) is 1. The second-order valence-corrected chi connectivity index (χ2v) is 12.1. The fourth-order valence-corrected chi connectivity index (χ4v) is 5.75. The molecule has 8 nitrogen and oxygen atoms in total. The van der Waals surface area contributed by atoms with E-state index in [0.29, 0.717) is 11.6 Å². The summed E-state index contributed by atoms with van der Waals surface area (Å²) in [6, 6.07) is 21.8. The van der Waals surface area contributed by atoms with Gasteiger partial charge in [0.1, 0.15) is 11.8 Å². The summed E-state index contributed by atoms with van der Waals surface area (Å²) in [5.41, 5.74) is 4.88. The summed E-state index contributed by atoms with van der Waals surface area (Å²) in [5, 5.41) is 21.2. The normalized spacial score (nSPS) is 13.8. The zero-order valence-corrected chi connectivity index (χ0v) is 27.5. The zero-order chi connectivity index (χ0) is 33.9. The maximum absolute atomic E-state index is 13.8. The van der Waals surface area contributed by atoms with Crippen LogP contribution in [0.15, 0.2) is 89.6 Å². The van der Waals surface area contributed by atoms with E-state index in [1.54, 1.807) is 23.1 Å². The molecular weight excluding hydrogens is 612 g/mol. The van der Waals surface area contributed by atoms with Crippen molar-refractivity contribution in [2.75, 3.05) is 11.9 Å². The number of alkyl halides is 2. The zero-order valence-electron chi connectivity index (χ0n) is 27.5. The Morgan fingerprint density at radius 1 is 0.979 bits per heavy atom. The van der Waals surface area contributed by atoms with Crippen LogP contribution >= 0.6 is 0 Å². The van der Waals surface area contributed by atoms with E-state index in [9.17, 15) is 13.6 Å². The standard InChI is InChI=1S/C27H34F2N4O.C11H9NO2/c1-3-4-5-6-7-8-9-12-17-30-25-19-31-33(32-25)26-21-14-11-10-13-20(21)18-22(26)23-15-16-24(34-23)27(2,28)29;13-11(14)9-6-10(12-7-9)8-4-2-1-3-5-8/h10-11,13-16,18-19,26H,3-9,12,17H2,1-2H3,(H,30,32);1-7,12H,(H,13,14). The van der Waals surface area contributed by atoms with Crippen LogP contribution in [0.2, 0.25) is 0 Å². The molecule has 10 heteroatoms. The summed E-state index contributed by atoms with van der Waals surface area (Å²) in [6.45, 7) is 3.93. The number of aromatic nitrogens is 4. The number of rotatable bonds is 15. The lowest BCUT2D eigenvalue weighted by Crippen LogP contribution is -2.14. The lowest BCUT2D eigenvalue weighted by Gasteiger charge is -2.15. The number of carboxylic acids is 1. The Hall–Kier alpha value is -4.99. The number of carbonyl (C=O) groups is 1. The van der Waals surface area contributed by atoms with Gasteiger partial charge in [-0.2, -0.15) is 18.7 Å². The van der Waals surface area contributed by atoms with Gasteiger partial charge in [0.05, 0.1) is 11.8 Å². The Morgan fingerprint density at radius 2 is 1.69 bits per heavy atom. The number of anilines is 1. The van der Waals surface area contributed by atoms with Gasteiger partial charge in [0.25, 0.3) is 0 Å². The van der Waals surface area contributed by atoms with E-state index >= 15 is 0 Å². The predicted molar refractivity (Wildman–Crippen MR) is 185 cm³/mol. The topological polar surface area (TPSA) is 109 Å². The predicted octanol–water partition coefficient (Wildman–Crippen LogP) is 10.1. The second-order valence-electron chi connectivity index (χ2n) is 12.1. The first-order valence-corrected chi connectivity index (χ1v) is 16.7. The Morgan fingerprint density at radius 3 is 2.38 bits per heavy atom. The average Bonchev–Trinajstić information content (AvgIpc) is 3.90. The smallest absolute Gasteiger partial charge is 0.337 e. The Bertz CT molecular complexity index is 1780. The van der Waals surface area contributed by atoms with E-state index in [-0.39, 0.29) is 17.4 Å². The molecule has 5 aromatic rings. The van der Waals surface area contributed by atoms with Crippen molar-refractivity contribution in [2.45, 2.75) is 77.2 Å². The lowest BCUT2D eigenvalue weighted by molar-refractivity contribution is -0.00560. The van der Waals surface area contributed by atoms with Gasteiger partial charge in [0.2, 0.25) is 0 Å². The van der Waals surface area contributed by atoms with Crippen LogP contribution in [0.1, 0.15) is 104 Å². The van der Waals surface area contributed by atoms with Gasteiger partial charge in [0, 0.05) is 30.9 Å². The number of aromatic amines is 1. The van der Waals surface area contributed by atoms with E-state index in [2.05, 4.69) is 27.4 Å². The van der Waals surface area contributed by atoms with Crippen LogP contribution in [-0.2, 0) is 5.92 Å². The van der Waals surface area contributed by atoms with Gasteiger partial charge < -0.3 is 19.8 Å². The van der Waals surface area contributed by atoms with Crippen LogP contribution in [0, 0.1) is 0 Å². The summed E-state index contributed by atoms with van der Waals surface area (Å²) in [4.78, 5) is 15.2. The van der Waals surface area contributed by atoms with E-state index in [0.717, 1.165) is 47.8 Å².